The summed E-state index contributed by atoms with van der Waals surface area (Å²) in [4.78, 5) is 12.7. The van der Waals surface area contributed by atoms with Crippen LogP contribution in [0.4, 0.5) is 0 Å². The van der Waals surface area contributed by atoms with Gasteiger partial charge in [0.15, 0.2) is 0 Å². The second-order valence-electron chi connectivity index (χ2n) is 9.07. The number of nitrogens with one attached hydrogen (secondary N) is 2. The van der Waals surface area contributed by atoms with Crippen LogP contribution in [0.15, 0.2) is 18.2 Å². The molecule has 1 aromatic carbocycles. The molecule has 0 bridgehead atoms. The lowest BCUT2D eigenvalue weighted by atomic mass is 10.0. The van der Waals surface area contributed by atoms with Crippen LogP contribution in [-0.4, -0.2) is 67.8 Å². The van der Waals surface area contributed by atoms with E-state index in [0.717, 1.165) is 18.5 Å². The third-order valence-electron chi connectivity index (χ3n) is 5.37. The first-order valence-corrected chi connectivity index (χ1v) is 14.5. The van der Waals surface area contributed by atoms with Gasteiger partial charge in [0.1, 0.15) is 0 Å². The number of carbonyl (C=O) groups excluding carboxylic acids is 1. The molecule has 0 saturated carbocycles. The minimum atomic E-state index is -3.53. The Morgan fingerprint density at radius 1 is 1.09 bits per heavy atom. The molecule has 0 unspecified atom stereocenters. The molecule has 34 heavy (non-hydrogen) atoms. The van der Waals surface area contributed by atoms with E-state index in [1.807, 2.05) is 13.8 Å². The molecular weight excluding hydrogens is 497 g/mol. The average molecular weight is 539 g/mol. The molecule has 0 spiro atoms. The average Bonchev–Trinajstić information content (AvgIpc) is 2.74. The van der Waals surface area contributed by atoms with Gasteiger partial charge in [-0.15, -0.1) is 0 Å². The summed E-state index contributed by atoms with van der Waals surface area (Å²) < 4.78 is 26.8. The Morgan fingerprint density at radius 2 is 1.68 bits per heavy atom. The number of hydrogen-bond acceptors (Lipinski definition) is 5. The minimum absolute atomic E-state index is 0.174. The van der Waals surface area contributed by atoms with Gasteiger partial charge in [0.05, 0.1) is 17.9 Å². The van der Waals surface area contributed by atoms with Crippen LogP contribution in [0.5, 0.6) is 0 Å². The van der Waals surface area contributed by atoms with Gasteiger partial charge in [-0.25, -0.2) is 12.7 Å². The smallest absolute Gasteiger partial charge is 0.221 e. The molecule has 2 atom stereocenters. The van der Waals surface area contributed by atoms with E-state index in [0.29, 0.717) is 54.9 Å². The Bertz CT molecular complexity index is 826. The fraction of sp³-hybridized carbons (Fsp3) is 0.708. The number of halogens is 2. The fourth-order valence-corrected chi connectivity index (χ4v) is 5.76. The van der Waals surface area contributed by atoms with Crippen LogP contribution >= 0.6 is 23.2 Å². The summed E-state index contributed by atoms with van der Waals surface area (Å²) in [5.74, 6) is -0.149. The van der Waals surface area contributed by atoms with Crippen molar-refractivity contribution < 1.29 is 18.3 Å². The number of benzene rings is 1. The lowest BCUT2D eigenvalue weighted by molar-refractivity contribution is -0.122. The molecular formula is C24H41Cl2N3O4S. The van der Waals surface area contributed by atoms with E-state index in [2.05, 4.69) is 24.5 Å². The predicted octanol–water partition coefficient (Wildman–Crippen LogP) is 3.86. The Morgan fingerprint density at radius 3 is 2.21 bits per heavy atom. The molecule has 3 N–H and O–H groups in total. The van der Waals surface area contributed by atoms with Crippen LogP contribution in [0.1, 0.15) is 58.9 Å². The zero-order valence-electron chi connectivity index (χ0n) is 20.8. The van der Waals surface area contributed by atoms with Gasteiger partial charge in [-0.3, -0.25) is 4.79 Å². The Kier molecular flexibility index (Phi) is 14.6. The zero-order chi connectivity index (χ0) is 25.7. The van der Waals surface area contributed by atoms with Gasteiger partial charge >= 0.3 is 0 Å². The maximum Gasteiger partial charge on any atom is 0.221 e. The topological polar surface area (TPSA) is 98.7 Å². The summed E-state index contributed by atoms with van der Waals surface area (Å²) in [5.41, 5.74) is 0.772. The molecule has 1 rings (SSSR count). The molecule has 0 fully saturated rings. The van der Waals surface area contributed by atoms with Crippen LogP contribution in [0.2, 0.25) is 10.0 Å². The lowest BCUT2D eigenvalue weighted by Gasteiger charge is -2.26. The molecule has 7 nitrogen and oxygen atoms in total. The highest BCUT2D eigenvalue weighted by Crippen LogP contribution is 2.20. The van der Waals surface area contributed by atoms with Gasteiger partial charge in [-0.05, 0) is 61.9 Å². The molecule has 0 radical (unpaired) electrons. The SMILES string of the molecule is CCCN(CCC)S(=O)(=O)CCC(=O)N[C@@H](Cc1cc(Cl)cc(Cl)c1)[C@H](O)CNCCC(C)C. The third-order valence-corrected chi connectivity index (χ3v) is 7.68. The monoisotopic (exact) mass is 537 g/mol. The molecule has 0 aliphatic carbocycles. The van der Waals surface area contributed by atoms with E-state index in [1.165, 1.54) is 4.31 Å². The maximum atomic E-state index is 12.7. The number of aliphatic hydroxyl groups is 1. The molecule has 0 saturated heterocycles. The van der Waals surface area contributed by atoms with Gasteiger partial charge in [0.2, 0.25) is 15.9 Å². The van der Waals surface area contributed by atoms with Crippen molar-refractivity contribution in [1.29, 1.82) is 0 Å². The number of carbonyl (C=O) groups is 1. The number of amides is 1. The molecule has 1 aromatic rings. The van der Waals surface area contributed by atoms with Crippen molar-refractivity contribution >= 4 is 39.1 Å². The standard InChI is InChI=1S/C24H41Cl2N3O4S/c1-5-10-29(11-6-2)34(32,33)12-8-24(31)28-22(23(30)17-27-9-7-18(3)4)15-19-13-20(25)16-21(26)14-19/h13-14,16,18,22-23,27,30H,5-12,15,17H2,1-4H3,(H,28,31)/t22-,23+/m0/s1. The summed E-state index contributed by atoms with van der Waals surface area (Å²) in [6.07, 6.45) is 1.66. The normalized spacial score (nSPS) is 13.9. The third kappa shape index (κ3) is 12.2. The summed E-state index contributed by atoms with van der Waals surface area (Å²) in [5, 5.41) is 17.8. The van der Waals surface area contributed by atoms with Crippen molar-refractivity contribution in [2.45, 2.75) is 71.9 Å². The zero-order valence-corrected chi connectivity index (χ0v) is 23.1. The van der Waals surface area contributed by atoms with E-state index in [1.54, 1.807) is 18.2 Å². The Labute approximate surface area is 215 Å². The highest BCUT2D eigenvalue weighted by molar-refractivity contribution is 7.89. The number of sulfonamides is 1. The molecule has 0 heterocycles. The first-order chi connectivity index (χ1) is 16.0. The van der Waals surface area contributed by atoms with E-state index in [4.69, 9.17) is 23.2 Å². The molecule has 0 aromatic heterocycles. The van der Waals surface area contributed by atoms with E-state index >= 15 is 0 Å². The van der Waals surface area contributed by atoms with Crippen molar-refractivity contribution in [1.82, 2.24) is 14.9 Å². The van der Waals surface area contributed by atoms with E-state index in [9.17, 15) is 18.3 Å². The molecule has 0 aliphatic heterocycles. The van der Waals surface area contributed by atoms with E-state index in [-0.39, 0.29) is 12.2 Å². The van der Waals surface area contributed by atoms with Gasteiger partial charge in [0.25, 0.3) is 0 Å². The van der Waals surface area contributed by atoms with Crippen LogP contribution in [0, 0.1) is 5.92 Å². The summed E-state index contributed by atoms with van der Waals surface area (Å²) >= 11 is 12.2. The van der Waals surface area contributed by atoms with Gasteiger partial charge in [0, 0.05) is 36.1 Å². The van der Waals surface area contributed by atoms with Gasteiger partial charge < -0.3 is 15.7 Å². The second-order valence-corrected chi connectivity index (χ2v) is 12.0. The summed E-state index contributed by atoms with van der Waals surface area (Å²) in [7, 11) is -3.53. The molecule has 1 amide bonds. The molecule has 196 valence electrons. The van der Waals surface area contributed by atoms with E-state index < -0.39 is 28.1 Å². The first-order valence-electron chi connectivity index (χ1n) is 12.1. The maximum absolute atomic E-state index is 12.7. The van der Waals surface area contributed by atoms with Gasteiger partial charge in [-0.2, -0.15) is 0 Å². The van der Waals surface area contributed by atoms with Crippen molar-refractivity contribution in [3.05, 3.63) is 33.8 Å². The fourth-order valence-electron chi connectivity index (χ4n) is 3.57. The number of hydrogen-bond donors (Lipinski definition) is 3. The summed E-state index contributed by atoms with van der Waals surface area (Å²) in [6.45, 7) is 10.0. The Hall–Kier alpha value is -0.900. The Balaban J connectivity index is 2.85. The van der Waals surface area contributed by atoms with Gasteiger partial charge in [-0.1, -0.05) is 50.9 Å². The van der Waals surface area contributed by atoms with Crippen molar-refractivity contribution in [3.8, 4) is 0 Å². The highest BCUT2D eigenvalue weighted by Gasteiger charge is 2.25. The van der Waals surface area contributed by atoms with Crippen LogP contribution in [0.3, 0.4) is 0 Å². The minimum Gasteiger partial charge on any atom is -0.390 e. The van der Waals surface area contributed by atoms with Crippen molar-refractivity contribution in [2.75, 3.05) is 31.9 Å². The van der Waals surface area contributed by atoms with Crippen LogP contribution in [0.25, 0.3) is 0 Å². The highest BCUT2D eigenvalue weighted by atomic mass is 35.5. The molecule has 10 heteroatoms. The number of rotatable bonds is 17. The predicted molar refractivity (Wildman–Crippen MR) is 141 cm³/mol. The lowest BCUT2D eigenvalue weighted by Crippen LogP contribution is -2.49. The van der Waals surface area contributed by atoms with Crippen LogP contribution < -0.4 is 10.6 Å². The first kappa shape index (κ1) is 31.1. The number of aliphatic hydroxyl groups excluding tert-OH is 1. The summed E-state index contributed by atoms with van der Waals surface area (Å²) in [6, 6.07) is 4.47. The van der Waals surface area contributed by atoms with Crippen molar-refractivity contribution in [3.63, 3.8) is 0 Å². The van der Waals surface area contributed by atoms with Crippen molar-refractivity contribution in [2.24, 2.45) is 5.92 Å². The van der Waals surface area contributed by atoms with Crippen LogP contribution in [-0.2, 0) is 21.2 Å². The quantitative estimate of drug-likeness (QED) is 0.262. The largest absolute Gasteiger partial charge is 0.390 e. The number of nitrogens with zero attached hydrogens (tertiary/aromatic N) is 1. The molecule has 0 aliphatic rings. The second kappa shape index (κ2) is 16.0.